The molecule has 0 aliphatic heterocycles. The Morgan fingerprint density at radius 2 is 1.32 bits per heavy atom. The molecule has 0 aromatic carbocycles. The molecule has 0 saturated heterocycles. The van der Waals surface area contributed by atoms with Gasteiger partial charge in [0.05, 0.1) is 40.0 Å². The first-order valence-electron chi connectivity index (χ1n) is 14.7. The van der Waals surface area contributed by atoms with E-state index in [9.17, 15) is 9.46 Å². The van der Waals surface area contributed by atoms with Gasteiger partial charge in [-0.15, -0.1) is 0 Å². The van der Waals surface area contributed by atoms with Crippen LogP contribution in [0.1, 0.15) is 112 Å². The quantitative estimate of drug-likeness (QED) is 0.0572. The summed E-state index contributed by atoms with van der Waals surface area (Å²) in [6.07, 6.45) is 22.5. The topological polar surface area (TPSA) is 67.8 Å². The van der Waals surface area contributed by atoms with Crippen molar-refractivity contribution >= 4 is 7.60 Å². The van der Waals surface area contributed by atoms with Crippen LogP contribution in [-0.4, -0.2) is 62.9 Å². The molecule has 0 spiro atoms. The molecular formula is C30H60NO5P. The number of allylic oxidation sites excluding steroid dienone is 4. The van der Waals surface area contributed by atoms with E-state index in [1.807, 2.05) is 48.8 Å². The number of hydrogen-bond donors (Lipinski definition) is 0. The highest BCUT2D eigenvalue weighted by Crippen LogP contribution is 2.47. The molecule has 37 heavy (non-hydrogen) atoms. The number of rotatable bonds is 23. The lowest BCUT2D eigenvalue weighted by Gasteiger charge is -2.41. The Morgan fingerprint density at radius 3 is 1.78 bits per heavy atom. The normalized spacial score (nSPS) is 16.5. The molecule has 0 fully saturated rings. The molecule has 7 heteroatoms. The van der Waals surface area contributed by atoms with E-state index in [1.54, 1.807) is 0 Å². The van der Waals surface area contributed by atoms with E-state index in [-0.39, 0.29) is 6.61 Å². The lowest BCUT2D eigenvalue weighted by atomic mass is 10.1. The maximum absolute atomic E-state index is 12.8. The highest BCUT2D eigenvalue weighted by Gasteiger charge is 2.34. The van der Waals surface area contributed by atoms with Crippen LogP contribution >= 0.6 is 7.60 Å². The molecule has 0 heterocycles. The first-order chi connectivity index (χ1) is 17.3. The van der Waals surface area contributed by atoms with Gasteiger partial charge >= 0.3 is 0 Å². The van der Waals surface area contributed by atoms with Crippen LogP contribution in [0.5, 0.6) is 0 Å². The van der Waals surface area contributed by atoms with Crippen molar-refractivity contribution in [3.8, 4) is 0 Å². The van der Waals surface area contributed by atoms with E-state index in [0.29, 0.717) is 24.1 Å². The number of ether oxygens (including phenoxy) is 2. The average Bonchev–Trinajstić information content (AvgIpc) is 2.77. The Balaban J connectivity index is 4.13. The summed E-state index contributed by atoms with van der Waals surface area (Å²) in [6, 6.07) is 0. The Hall–Kier alpha value is -0.490. The molecule has 0 saturated carbocycles. The fraction of sp³-hybridized carbons (Fsp3) is 0.867. The molecule has 0 aromatic rings. The van der Waals surface area contributed by atoms with E-state index < -0.39 is 25.1 Å². The number of nitrogens with zero attached hydrogens (tertiary/aromatic N) is 1. The first kappa shape index (κ1) is 36.5. The Kier molecular flexibility index (Phi) is 20.1. The van der Waals surface area contributed by atoms with Crippen molar-refractivity contribution in [2.75, 3.05) is 41.0 Å². The zero-order valence-electron chi connectivity index (χ0n) is 25.5. The van der Waals surface area contributed by atoms with E-state index in [2.05, 4.69) is 31.2 Å². The molecule has 2 unspecified atom stereocenters. The zero-order valence-corrected chi connectivity index (χ0v) is 26.4. The monoisotopic (exact) mass is 545 g/mol. The van der Waals surface area contributed by atoms with Gasteiger partial charge in [-0.1, -0.05) is 57.4 Å². The van der Waals surface area contributed by atoms with Crippen molar-refractivity contribution in [2.45, 2.75) is 129 Å². The van der Waals surface area contributed by atoms with E-state index in [1.165, 1.54) is 44.9 Å². The molecule has 220 valence electrons. The van der Waals surface area contributed by atoms with Crippen LogP contribution in [0.2, 0.25) is 0 Å². The first-order valence-corrected chi connectivity index (χ1v) is 16.3. The second-order valence-corrected chi connectivity index (χ2v) is 13.9. The number of unbranched alkanes of at least 4 members (excludes halogenated alkanes) is 8. The Bertz CT molecular complexity index is 651. The van der Waals surface area contributed by atoms with Crippen LogP contribution < -0.4 is 4.89 Å². The summed E-state index contributed by atoms with van der Waals surface area (Å²) in [7, 11) is 1.58. The molecule has 3 atom stereocenters. The van der Waals surface area contributed by atoms with E-state index in [0.717, 1.165) is 25.7 Å². The van der Waals surface area contributed by atoms with E-state index in [4.69, 9.17) is 14.0 Å². The molecule has 0 bridgehead atoms. The maximum atomic E-state index is 12.8. The number of quaternary nitrogens is 1. The second-order valence-electron chi connectivity index (χ2n) is 12.0. The summed E-state index contributed by atoms with van der Waals surface area (Å²) in [6.45, 7) is 10.9. The van der Waals surface area contributed by atoms with Crippen LogP contribution in [0.25, 0.3) is 0 Å². The molecule has 0 aromatic heterocycles. The fourth-order valence-corrected chi connectivity index (χ4v) is 6.10. The third-order valence-corrected chi connectivity index (χ3v) is 8.39. The van der Waals surface area contributed by atoms with Crippen LogP contribution in [0, 0.1) is 0 Å². The van der Waals surface area contributed by atoms with Gasteiger partial charge in [0.25, 0.3) is 0 Å². The summed E-state index contributed by atoms with van der Waals surface area (Å²) < 4.78 is 30.5. The zero-order chi connectivity index (χ0) is 28.2. The van der Waals surface area contributed by atoms with Gasteiger partial charge in [0, 0.05) is 13.0 Å². The SMILES string of the molecule is CCCC/C=C\CCCC/C=C\CCCCCOC[C@H](COP(=O)([O-])C(CC)[N+](C)(C)C)OC(C)(C)C. The third-order valence-electron chi connectivity index (χ3n) is 6.10. The van der Waals surface area contributed by atoms with Crippen molar-refractivity contribution in [3.63, 3.8) is 0 Å². The van der Waals surface area contributed by atoms with Gasteiger partial charge in [-0.3, -0.25) is 0 Å². The fourth-order valence-electron chi connectivity index (χ4n) is 4.26. The Morgan fingerprint density at radius 1 is 0.811 bits per heavy atom. The van der Waals surface area contributed by atoms with Gasteiger partial charge in [-0.25, -0.2) is 0 Å². The average molecular weight is 546 g/mol. The summed E-state index contributed by atoms with van der Waals surface area (Å²) in [5, 5.41) is 0. The maximum Gasteiger partial charge on any atom is 0.193 e. The van der Waals surface area contributed by atoms with Gasteiger partial charge in [0.15, 0.2) is 13.4 Å². The molecule has 0 N–H and O–H groups in total. The predicted molar refractivity (Wildman–Crippen MR) is 156 cm³/mol. The molecule has 6 nitrogen and oxygen atoms in total. The van der Waals surface area contributed by atoms with Crippen LogP contribution in [0.4, 0.5) is 0 Å². The highest BCUT2D eigenvalue weighted by molar-refractivity contribution is 7.51. The molecule has 0 aliphatic carbocycles. The van der Waals surface area contributed by atoms with Crippen LogP contribution in [0.15, 0.2) is 24.3 Å². The van der Waals surface area contributed by atoms with Crippen molar-refractivity contribution in [1.82, 2.24) is 0 Å². The largest absolute Gasteiger partial charge is 0.774 e. The predicted octanol–water partition coefficient (Wildman–Crippen LogP) is 7.62. The van der Waals surface area contributed by atoms with E-state index >= 15 is 0 Å². The minimum atomic E-state index is -4.04. The second kappa shape index (κ2) is 20.4. The third kappa shape index (κ3) is 21.1. The summed E-state index contributed by atoms with van der Waals surface area (Å²) in [5.41, 5.74) is -0.411. The van der Waals surface area contributed by atoms with Gasteiger partial charge in [-0.2, -0.15) is 0 Å². The summed E-state index contributed by atoms with van der Waals surface area (Å²) in [4.78, 5) is 12.8. The molecular weight excluding hydrogens is 485 g/mol. The highest BCUT2D eigenvalue weighted by atomic mass is 31.2. The summed E-state index contributed by atoms with van der Waals surface area (Å²) >= 11 is 0. The van der Waals surface area contributed by atoms with Crippen molar-refractivity contribution in [2.24, 2.45) is 0 Å². The Labute approximate surface area is 230 Å². The molecule has 0 amide bonds. The van der Waals surface area contributed by atoms with Gasteiger partial charge < -0.3 is 27.9 Å². The minimum absolute atomic E-state index is 0.0194. The van der Waals surface area contributed by atoms with Crippen LogP contribution in [-0.2, 0) is 18.6 Å². The van der Waals surface area contributed by atoms with Gasteiger partial charge in [-0.05, 0) is 72.1 Å². The number of hydrogen-bond acceptors (Lipinski definition) is 5. The molecule has 0 radical (unpaired) electrons. The van der Waals surface area contributed by atoms with Gasteiger partial charge in [0.1, 0.15) is 6.10 Å². The van der Waals surface area contributed by atoms with Gasteiger partial charge in [0.2, 0.25) is 0 Å². The molecule has 0 rings (SSSR count). The van der Waals surface area contributed by atoms with Crippen LogP contribution in [0.3, 0.4) is 0 Å². The van der Waals surface area contributed by atoms with Crippen molar-refractivity contribution < 1.29 is 27.9 Å². The minimum Gasteiger partial charge on any atom is -0.774 e. The smallest absolute Gasteiger partial charge is 0.193 e. The lowest BCUT2D eigenvalue weighted by molar-refractivity contribution is -0.884. The van der Waals surface area contributed by atoms with Crippen molar-refractivity contribution in [1.29, 1.82) is 0 Å². The van der Waals surface area contributed by atoms with Crippen molar-refractivity contribution in [3.05, 3.63) is 24.3 Å². The standard InChI is InChI=1S/C30H60NO5P/c1-9-11-12-13-14-15-16-17-18-19-20-21-22-23-24-25-34-26-28(36-30(3,4)5)27-35-37(32,33)29(10-2)31(6,7)8/h13-14,19-20,28-29H,9-12,15-18,21-27H2,1-8H3/b14-13-,20-19-/t28-,29?/m1/s1. The lowest BCUT2D eigenvalue weighted by Crippen LogP contribution is -2.47. The summed E-state index contributed by atoms with van der Waals surface area (Å²) in [5.74, 6) is -0.588. The molecule has 0 aliphatic rings.